The van der Waals surface area contributed by atoms with Crippen LogP contribution >= 0.6 is 0 Å². The molecule has 27 heavy (non-hydrogen) atoms. The number of hydrogen-bond acceptors (Lipinski definition) is 5. The number of carbonyl (C=O) groups is 1. The van der Waals surface area contributed by atoms with Crippen molar-refractivity contribution in [2.75, 3.05) is 6.61 Å². The van der Waals surface area contributed by atoms with Crippen LogP contribution in [-0.2, 0) is 0 Å². The smallest absolute Gasteiger partial charge is 0.250 e. The van der Waals surface area contributed by atoms with E-state index in [0.717, 1.165) is 0 Å². The highest BCUT2D eigenvalue weighted by Gasteiger charge is 2.41. The normalized spacial score (nSPS) is 13.4. The maximum absolute atomic E-state index is 12.2. The van der Waals surface area contributed by atoms with E-state index < -0.39 is 29.0 Å². The molecule has 0 aliphatic carbocycles. The van der Waals surface area contributed by atoms with Gasteiger partial charge in [-0.15, -0.1) is 0 Å². The summed E-state index contributed by atoms with van der Waals surface area (Å²) in [5, 5.41) is 19.7. The molecule has 2 N–H and O–H groups in total. The van der Waals surface area contributed by atoms with Crippen molar-refractivity contribution in [3.8, 4) is 17.2 Å². The van der Waals surface area contributed by atoms with E-state index in [0.29, 0.717) is 5.75 Å². The Morgan fingerprint density at radius 3 is 1.78 bits per heavy atom. The number of aliphatic hydroxyl groups is 1. The molecule has 1 aromatic rings. The minimum Gasteiger partial charge on any atom is -0.543 e. The van der Waals surface area contributed by atoms with Crippen LogP contribution in [0.4, 0.5) is 0 Å². The molecule has 0 aliphatic rings. The number of ketones is 1. The Morgan fingerprint density at radius 1 is 0.926 bits per heavy atom. The maximum Gasteiger partial charge on any atom is 0.250 e. The molecular formula is C20H36O5Si2. The van der Waals surface area contributed by atoms with Gasteiger partial charge >= 0.3 is 0 Å². The highest BCUT2D eigenvalue weighted by Crippen LogP contribution is 2.43. The van der Waals surface area contributed by atoms with Crippen LogP contribution < -0.4 is 8.85 Å². The molecule has 0 aliphatic heterocycles. The summed E-state index contributed by atoms with van der Waals surface area (Å²) in [5.74, 6) is -0.0179. The summed E-state index contributed by atoms with van der Waals surface area (Å²) >= 11 is 0. The van der Waals surface area contributed by atoms with E-state index >= 15 is 0 Å². The van der Waals surface area contributed by atoms with Crippen molar-refractivity contribution in [2.45, 2.75) is 77.8 Å². The fraction of sp³-hybridized carbons (Fsp3) is 0.650. The van der Waals surface area contributed by atoms with Gasteiger partial charge in [0.15, 0.2) is 5.78 Å². The summed E-state index contributed by atoms with van der Waals surface area (Å²) in [5.41, 5.74) is 0.0184. The summed E-state index contributed by atoms with van der Waals surface area (Å²) in [4.78, 5) is 12.2. The van der Waals surface area contributed by atoms with Crippen LogP contribution in [0.3, 0.4) is 0 Å². The van der Waals surface area contributed by atoms with Crippen LogP contribution in [0.5, 0.6) is 17.2 Å². The van der Waals surface area contributed by atoms with E-state index in [-0.39, 0.29) is 27.1 Å². The van der Waals surface area contributed by atoms with Crippen LogP contribution in [0.15, 0.2) is 12.1 Å². The molecule has 0 atom stereocenters. The van der Waals surface area contributed by atoms with Gasteiger partial charge < -0.3 is 19.1 Å². The number of rotatable bonds is 6. The molecule has 0 aromatic heterocycles. The Bertz CT molecular complexity index is 698. The lowest BCUT2D eigenvalue weighted by Crippen LogP contribution is -2.44. The molecule has 0 unspecified atom stereocenters. The Labute approximate surface area is 166 Å². The Hall–Kier alpha value is -1.32. The van der Waals surface area contributed by atoms with Crippen LogP contribution in [0.2, 0.25) is 36.3 Å². The molecule has 0 saturated carbocycles. The van der Waals surface area contributed by atoms with Gasteiger partial charge in [-0.2, -0.15) is 0 Å². The summed E-state index contributed by atoms with van der Waals surface area (Å²) in [6, 6.07) is 3.13. The van der Waals surface area contributed by atoms with Crippen molar-refractivity contribution in [2.24, 2.45) is 0 Å². The number of phenolic OH excluding ortho intramolecular Hbond substituents is 1. The predicted molar refractivity (Wildman–Crippen MR) is 115 cm³/mol. The first-order valence-corrected chi connectivity index (χ1v) is 15.1. The fourth-order valence-corrected chi connectivity index (χ4v) is 3.98. The lowest BCUT2D eigenvalue weighted by Gasteiger charge is -2.38. The molecule has 1 rings (SSSR count). The largest absolute Gasteiger partial charge is 0.543 e. The second-order valence-electron chi connectivity index (χ2n) is 10.1. The first kappa shape index (κ1) is 23.7. The van der Waals surface area contributed by atoms with Gasteiger partial charge in [-0.05, 0) is 36.3 Å². The van der Waals surface area contributed by atoms with Crippen molar-refractivity contribution >= 4 is 22.4 Å². The van der Waals surface area contributed by atoms with Gasteiger partial charge in [-0.3, -0.25) is 4.79 Å². The first-order valence-electron chi connectivity index (χ1n) is 9.32. The highest BCUT2D eigenvalue weighted by atomic mass is 28.4. The second-order valence-corrected chi connectivity index (χ2v) is 19.6. The number of carbonyl (C=O) groups excluding carboxylic acids is 1. The zero-order valence-electron chi connectivity index (χ0n) is 18.5. The Balaban J connectivity index is 3.50. The summed E-state index contributed by atoms with van der Waals surface area (Å²) in [6.07, 6.45) is 0. The topological polar surface area (TPSA) is 76.0 Å². The van der Waals surface area contributed by atoms with Gasteiger partial charge in [0.05, 0.1) is 0 Å². The molecule has 1 aromatic carbocycles. The molecule has 0 radical (unpaired) electrons. The predicted octanol–water partition coefficient (Wildman–Crippen LogP) is 5.34. The van der Waals surface area contributed by atoms with Crippen molar-refractivity contribution < 1.29 is 23.9 Å². The number of hydrogen-bond donors (Lipinski definition) is 2. The monoisotopic (exact) mass is 412 g/mol. The zero-order valence-corrected chi connectivity index (χ0v) is 20.5. The van der Waals surface area contributed by atoms with Gasteiger partial charge in [0.25, 0.3) is 8.32 Å². The summed E-state index contributed by atoms with van der Waals surface area (Å²) < 4.78 is 12.6. The third-order valence-corrected chi connectivity index (χ3v) is 14.5. The fourth-order valence-electron chi connectivity index (χ4n) is 1.95. The average Bonchev–Trinajstić information content (AvgIpc) is 2.42. The second kappa shape index (κ2) is 7.60. The van der Waals surface area contributed by atoms with Gasteiger partial charge in [0, 0.05) is 12.1 Å². The minimum atomic E-state index is -2.27. The summed E-state index contributed by atoms with van der Waals surface area (Å²) in [7, 11) is -4.40. The van der Waals surface area contributed by atoms with E-state index in [9.17, 15) is 15.0 Å². The van der Waals surface area contributed by atoms with Gasteiger partial charge in [-0.25, -0.2) is 0 Å². The van der Waals surface area contributed by atoms with E-state index in [2.05, 4.69) is 67.7 Å². The van der Waals surface area contributed by atoms with Gasteiger partial charge in [0.2, 0.25) is 8.32 Å². The molecule has 0 spiro atoms. The number of aliphatic hydroxyl groups excluding tert-OH is 1. The van der Waals surface area contributed by atoms with Crippen LogP contribution in [0.25, 0.3) is 0 Å². The molecule has 7 heteroatoms. The van der Waals surface area contributed by atoms with Crippen LogP contribution in [0.1, 0.15) is 51.9 Å². The average molecular weight is 413 g/mol. The van der Waals surface area contributed by atoms with Crippen molar-refractivity contribution in [1.29, 1.82) is 0 Å². The molecule has 0 bridgehead atoms. The quantitative estimate of drug-likeness (QED) is 0.487. The van der Waals surface area contributed by atoms with Gasteiger partial charge in [0.1, 0.15) is 29.4 Å². The third kappa shape index (κ3) is 5.36. The standard InChI is InChI=1S/C20H36O5Si2/c1-19(2,3)26(7,8)24-14-11-15(22)18(16(23)13-21)17(12-14)25-27(9,10)20(4,5)6/h11-12,21-22H,13H2,1-10H3. The van der Waals surface area contributed by atoms with Crippen molar-refractivity contribution in [3.63, 3.8) is 0 Å². The lowest BCUT2D eigenvalue weighted by molar-refractivity contribution is 0.0899. The van der Waals surface area contributed by atoms with Crippen LogP contribution in [-0.4, -0.2) is 39.2 Å². The first-order chi connectivity index (χ1) is 11.9. The SMILES string of the molecule is CC(C)(C)[Si](C)(C)Oc1cc(O)c(C(=O)CO)c(O[Si](C)(C)C(C)(C)C)c1. The number of phenols is 1. The van der Waals surface area contributed by atoms with Crippen LogP contribution in [0, 0.1) is 0 Å². The third-order valence-electron chi connectivity index (χ3n) is 5.83. The molecule has 0 amide bonds. The number of Topliss-reactive ketones (excluding diaryl/α,β-unsaturated/α-hetero) is 1. The van der Waals surface area contributed by atoms with E-state index in [1.54, 1.807) is 6.07 Å². The van der Waals surface area contributed by atoms with Crippen molar-refractivity contribution in [3.05, 3.63) is 17.7 Å². The highest BCUT2D eigenvalue weighted by molar-refractivity contribution is 6.75. The number of aromatic hydroxyl groups is 1. The Kier molecular flexibility index (Phi) is 6.68. The van der Waals surface area contributed by atoms with E-state index in [4.69, 9.17) is 8.85 Å². The minimum absolute atomic E-state index is 0.0113. The molecular weight excluding hydrogens is 376 g/mol. The molecule has 5 nitrogen and oxygen atoms in total. The molecule has 0 heterocycles. The van der Waals surface area contributed by atoms with Crippen molar-refractivity contribution in [1.82, 2.24) is 0 Å². The molecule has 0 saturated heterocycles. The Morgan fingerprint density at radius 2 is 1.37 bits per heavy atom. The van der Waals surface area contributed by atoms with Gasteiger partial charge in [-0.1, -0.05) is 41.5 Å². The molecule has 154 valence electrons. The van der Waals surface area contributed by atoms with E-state index in [1.165, 1.54) is 6.07 Å². The summed E-state index contributed by atoms with van der Waals surface area (Å²) in [6.45, 7) is 20.4. The van der Waals surface area contributed by atoms with E-state index in [1.807, 2.05) is 0 Å². The number of benzene rings is 1. The lowest BCUT2D eigenvalue weighted by atomic mass is 10.1. The molecule has 0 fully saturated rings. The maximum atomic E-state index is 12.2. The zero-order chi connectivity index (χ0) is 21.4.